The third-order valence-electron chi connectivity index (χ3n) is 6.07. The quantitative estimate of drug-likeness (QED) is 0.507. The zero-order chi connectivity index (χ0) is 21.7. The van der Waals surface area contributed by atoms with Gasteiger partial charge in [-0.2, -0.15) is 0 Å². The first-order valence-corrected chi connectivity index (χ1v) is 11.5. The fraction of sp³-hybridized carbons (Fsp3) is 0.500. The van der Waals surface area contributed by atoms with Gasteiger partial charge in [-0.3, -0.25) is 4.79 Å². The van der Waals surface area contributed by atoms with Crippen LogP contribution < -0.4 is 0 Å². The Morgan fingerprint density at radius 3 is 2.53 bits per heavy atom. The molecule has 0 spiro atoms. The number of unbranched alkanes of at least 4 members (excludes halogenated alkanes) is 1. The first-order valence-electron chi connectivity index (χ1n) is 10.7. The van der Waals surface area contributed by atoms with E-state index in [0.29, 0.717) is 23.3 Å². The standard InChI is InChI=1S/C24H30O5S/c1-2-3-4-20(26)23(27)17-7-5-15(6-8-17)22-16(10-13-19(22)25)9-11-18-12-14-21(30-18)24(28)29/h5-8,12,14,16,20,22-23,26-27H,2-4,9-11,13H2,1H3,(H,28,29)/t16?,20?,22-,23?/m1/s1. The maximum Gasteiger partial charge on any atom is 0.345 e. The van der Waals surface area contributed by atoms with Crippen LogP contribution in [0.2, 0.25) is 0 Å². The Morgan fingerprint density at radius 2 is 1.90 bits per heavy atom. The number of aromatic carboxylic acids is 1. The first kappa shape index (κ1) is 22.7. The van der Waals surface area contributed by atoms with E-state index in [4.69, 9.17) is 5.11 Å². The molecule has 1 aromatic carbocycles. The number of aliphatic hydroxyl groups is 2. The van der Waals surface area contributed by atoms with E-state index in [0.717, 1.165) is 42.5 Å². The van der Waals surface area contributed by atoms with Crippen molar-refractivity contribution in [2.45, 2.75) is 70.0 Å². The highest BCUT2D eigenvalue weighted by atomic mass is 32.1. The van der Waals surface area contributed by atoms with E-state index < -0.39 is 18.2 Å². The van der Waals surface area contributed by atoms with Crippen molar-refractivity contribution in [1.82, 2.24) is 0 Å². The Kier molecular flexibility index (Phi) is 7.81. The van der Waals surface area contributed by atoms with Crippen molar-refractivity contribution in [3.8, 4) is 0 Å². The maximum atomic E-state index is 12.6. The molecule has 1 saturated carbocycles. The van der Waals surface area contributed by atoms with Crippen LogP contribution in [-0.4, -0.2) is 33.2 Å². The van der Waals surface area contributed by atoms with Gasteiger partial charge in [-0.25, -0.2) is 4.79 Å². The van der Waals surface area contributed by atoms with Crippen LogP contribution in [0, 0.1) is 5.92 Å². The van der Waals surface area contributed by atoms with Crippen LogP contribution in [0.3, 0.4) is 0 Å². The number of carboxylic acids is 1. The summed E-state index contributed by atoms with van der Waals surface area (Å²) in [6, 6.07) is 10.9. The number of Topliss-reactive ketones (excluding diaryl/α,β-unsaturated/α-hetero) is 1. The van der Waals surface area contributed by atoms with Gasteiger partial charge in [0, 0.05) is 17.2 Å². The third-order valence-corrected chi connectivity index (χ3v) is 7.20. The van der Waals surface area contributed by atoms with E-state index in [-0.39, 0.29) is 17.6 Å². The lowest BCUT2D eigenvalue weighted by Crippen LogP contribution is -2.18. The molecular weight excluding hydrogens is 400 g/mol. The molecule has 0 radical (unpaired) electrons. The van der Waals surface area contributed by atoms with E-state index in [9.17, 15) is 19.8 Å². The molecule has 3 rings (SSSR count). The molecule has 4 atom stereocenters. The predicted octanol–water partition coefficient (Wildman–Crippen LogP) is 4.73. The number of thiophene rings is 1. The van der Waals surface area contributed by atoms with Gasteiger partial charge < -0.3 is 15.3 Å². The summed E-state index contributed by atoms with van der Waals surface area (Å²) in [5.41, 5.74) is 1.63. The number of carboxylic acid groups (broad SMARTS) is 1. The summed E-state index contributed by atoms with van der Waals surface area (Å²) in [5.74, 6) is -0.574. The minimum absolute atomic E-state index is 0.153. The van der Waals surface area contributed by atoms with Crippen LogP contribution in [0.15, 0.2) is 36.4 Å². The number of hydrogen-bond donors (Lipinski definition) is 3. The summed E-state index contributed by atoms with van der Waals surface area (Å²) in [7, 11) is 0. The number of carbonyl (C=O) groups is 2. The highest BCUT2D eigenvalue weighted by Crippen LogP contribution is 2.40. The number of ketones is 1. The molecule has 162 valence electrons. The molecule has 1 aliphatic rings. The molecule has 1 aliphatic carbocycles. The number of rotatable bonds is 10. The van der Waals surface area contributed by atoms with Gasteiger partial charge in [0.2, 0.25) is 0 Å². The molecule has 3 unspecified atom stereocenters. The summed E-state index contributed by atoms with van der Waals surface area (Å²) in [6.07, 6.45) is 3.74. The second kappa shape index (κ2) is 10.3. The van der Waals surface area contributed by atoms with Crippen LogP contribution in [0.4, 0.5) is 0 Å². The number of aliphatic hydroxyl groups excluding tert-OH is 2. The monoisotopic (exact) mass is 430 g/mol. The Morgan fingerprint density at radius 1 is 1.17 bits per heavy atom. The molecule has 1 fully saturated rings. The van der Waals surface area contributed by atoms with E-state index >= 15 is 0 Å². The minimum atomic E-state index is -0.914. The van der Waals surface area contributed by atoms with Crippen molar-refractivity contribution in [3.63, 3.8) is 0 Å². The fourth-order valence-corrected chi connectivity index (χ4v) is 5.19. The van der Waals surface area contributed by atoms with Gasteiger partial charge in [-0.05, 0) is 54.9 Å². The van der Waals surface area contributed by atoms with E-state index in [1.807, 2.05) is 37.3 Å². The van der Waals surface area contributed by atoms with Crippen molar-refractivity contribution in [2.24, 2.45) is 5.92 Å². The summed E-state index contributed by atoms with van der Waals surface area (Å²) < 4.78 is 0. The molecule has 30 heavy (non-hydrogen) atoms. The largest absolute Gasteiger partial charge is 0.477 e. The van der Waals surface area contributed by atoms with E-state index in [2.05, 4.69) is 0 Å². The molecule has 0 aliphatic heterocycles. The van der Waals surface area contributed by atoms with Gasteiger partial charge in [0.25, 0.3) is 0 Å². The van der Waals surface area contributed by atoms with Crippen molar-refractivity contribution >= 4 is 23.1 Å². The molecule has 1 aromatic heterocycles. The normalized spacial score (nSPS) is 21.0. The lowest BCUT2D eigenvalue weighted by atomic mass is 9.84. The number of aryl methyl sites for hydroxylation is 1. The summed E-state index contributed by atoms with van der Waals surface area (Å²) in [5, 5.41) is 29.6. The highest BCUT2D eigenvalue weighted by Gasteiger charge is 2.35. The number of carbonyl (C=O) groups excluding carboxylic acids is 1. The van der Waals surface area contributed by atoms with Crippen molar-refractivity contribution in [1.29, 1.82) is 0 Å². The van der Waals surface area contributed by atoms with Crippen molar-refractivity contribution < 1.29 is 24.9 Å². The highest BCUT2D eigenvalue weighted by molar-refractivity contribution is 7.13. The molecular formula is C24H30O5S. The molecule has 0 bridgehead atoms. The Labute approximate surface area is 181 Å². The fourth-order valence-electron chi connectivity index (χ4n) is 4.33. The number of hydrogen-bond acceptors (Lipinski definition) is 5. The third kappa shape index (κ3) is 5.36. The van der Waals surface area contributed by atoms with Crippen LogP contribution >= 0.6 is 11.3 Å². The molecule has 1 heterocycles. The van der Waals surface area contributed by atoms with Crippen LogP contribution in [0.5, 0.6) is 0 Å². The lowest BCUT2D eigenvalue weighted by Gasteiger charge is -2.21. The molecule has 0 saturated heterocycles. The average Bonchev–Trinajstić information content (AvgIpc) is 3.36. The van der Waals surface area contributed by atoms with Crippen molar-refractivity contribution in [3.05, 3.63) is 57.3 Å². The summed E-state index contributed by atoms with van der Waals surface area (Å²) in [4.78, 5) is 25.0. The van der Waals surface area contributed by atoms with E-state index in [1.54, 1.807) is 6.07 Å². The molecule has 5 nitrogen and oxygen atoms in total. The molecule has 3 N–H and O–H groups in total. The molecule has 2 aromatic rings. The number of benzene rings is 1. The molecule has 0 amide bonds. The van der Waals surface area contributed by atoms with Crippen LogP contribution in [0.25, 0.3) is 0 Å². The minimum Gasteiger partial charge on any atom is -0.477 e. The Balaban J connectivity index is 1.65. The van der Waals surface area contributed by atoms with Gasteiger partial charge in [-0.15, -0.1) is 11.3 Å². The average molecular weight is 431 g/mol. The van der Waals surface area contributed by atoms with Gasteiger partial charge in [0.1, 0.15) is 16.8 Å². The topological polar surface area (TPSA) is 94.8 Å². The Bertz CT molecular complexity index is 857. The molecule has 6 heteroatoms. The van der Waals surface area contributed by atoms with Crippen molar-refractivity contribution in [2.75, 3.05) is 0 Å². The smallest absolute Gasteiger partial charge is 0.345 e. The zero-order valence-corrected chi connectivity index (χ0v) is 18.1. The second-order valence-electron chi connectivity index (χ2n) is 8.17. The van der Waals surface area contributed by atoms with Gasteiger partial charge in [0.05, 0.1) is 6.10 Å². The van der Waals surface area contributed by atoms with Gasteiger partial charge in [-0.1, -0.05) is 44.0 Å². The summed E-state index contributed by atoms with van der Waals surface area (Å²) in [6.45, 7) is 2.05. The predicted molar refractivity (Wildman–Crippen MR) is 117 cm³/mol. The van der Waals surface area contributed by atoms with Gasteiger partial charge in [0.15, 0.2) is 0 Å². The SMILES string of the molecule is CCCCC(O)C(O)c1ccc([C@H]2C(=O)CCC2CCc2ccc(C(=O)O)s2)cc1. The Hall–Kier alpha value is -2.02. The van der Waals surface area contributed by atoms with Crippen LogP contribution in [0.1, 0.15) is 83.1 Å². The van der Waals surface area contributed by atoms with Gasteiger partial charge >= 0.3 is 5.97 Å². The second-order valence-corrected chi connectivity index (χ2v) is 9.34. The zero-order valence-electron chi connectivity index (χ0n) is 17.3. The lowest BCUT2D eigenvalue weighted by molar-refractivity contribution is -0.119. The summed E-state index contributed by atoms with van der Waals surface area (Å²) >= 11 is 1.30. The first-order chi connectivity index (χ1) is 14.4. The van der Waals surface area contributed by atoms with E-state index in [1.165, 1.54) is 11.3 Å². The van der Waals surface area contributed by atoms with Crippen LogP contribution in [-0.2, 0) is 11.2 Å². The maximum absolute atomic E-state index is 12.6.